The van der Waals surface area contributed by atoms with Crippen LogP contribution in [-0.4, -0.2) is 44.9 Å². The number of H-pyrrole nitrogens is 1. The fourth-order valence-electron chi connectivity index (χ4n) is 2.77. The summed E-state index contributed by atoms with van der Waals surface area (Å²) in [6.07, 6.45) is -2.56. The lowest BCUT2D eigenvalue weighted by atomic mass is 10.0. The molecule has 0 spiro atoms. The average Bonchev–Trinajstić information content (AvgIpc) is 2.61. The van der Waals surface area contributed by atoms with Crippen molar-refractivity contribution >= 4 is 11.7 Å². The number of nitrogens with zero attached hydrogens (tertiary/aromatic N) is 3. The highest BCUT2D eigenvalue weighted by Gasteiger charge is 2.33. The minimum absolute atomic E-state index is 0.101. The molecule has 2 N–H and O–H groups in total. The van der Waals surface area contributed by atoms with Crippen LogP contribution in [-0.2, 0) is 6.18 Å². The van der Waals surface area contributed by atoms with Crippen LogP contribution in [0.1, 0.15) is 29.0 Å². The molecule has 0 aliphatic carbocycles. The van der Waals surface area contributed by atoms with Crippen molar-refractivity contribution < 1.29 is 18.0 Å². The van der Waals surface area contributed by atoms with Crippen molar-refractivity contribution in [3.05, 3.63) is 52.3 Å². The number of likely N-dealkylation sites (tertiary alicyclic amines) is 1. The maximum atomic E-state index is 12.7. The Hall–Kier alpha value is -2.91. The lowest BCUT2D eigenvalue weighted by Crippen LogP contribution is -2.43. The Morgan fingerprint density at radius 2 is 1.96 bits per heavy atom. The van der Waals surface area contributed by atoms with Crippen LogP contribution in [0.25, 0.3) is 0 Å². The van der Waals surface area contributed by atoms with Gasteiger partial charge in [0.15, 0.2) is 0 Å². The number of anilines is 1. The molecule has 1 aliphatic rings. The van der Waals surface area contributed by atoms with E-state index in [9.17, 15) is 22.8 Å². The lowest BCUT2D eigenvalue weighted by molar-refractivity contribution is -0.141. The molecule has 10 heteroatoms. The van der Waals surface area contributed by atoms with E-state index in [1.807, 2.05) is 0 Å². The third-order valence-electron chi connectivity index (χ3n) is 4.09. The summed E-state index contributed by atoms with van der Waals surface area (Å²) in [5.74, 6) is -0.174. The second kappa shape index (κ2) is 7.14. The van der Waals surface area contributed by atoms with Gasteiger partial charge in [0.25, 0.3) is 5.91 Å². The summed E-state index contributed by atoms with van der Waals surface area (Å²) in [6.45, 7) is 0.843. The summed E-state index contributed by atoms with van der Waals surface area (Å²) in [5.41, 5.74) is -1.14. The SMILES string of the molecule is O=C(c1cccc(=O)[nH]1)N1CCC(Nc2cc(C(F)(F)F)ncn2)CC1. The van der Waals surface area contributed by atoms with E-state index in [2.05, 4.69) is 20.3 Å². The first-order chi connectivity index (χ1) is 12.3. The highest BCUT2D eigenvalue weighted by molar-refractivity contribution is 5.92. The van der Waals surface area contributed by atoms with E-state index in [0.717, 1.165) is 12.4 Å². The van der Waals surface area contributed by atoms with Crippen molar-refractivity contribution in [3.8, 4) is 0 Å². The second-order valence-electron chi connectivity index (χ2n) is 5.93. The maximum absolute atomic E-state index is 12.7. The Balaban J connectivity index is 1.59. The molecule has 0 radical (unpaired) electrons. The third-order valence-corrected chi connectivity index (χ3v) is 4.09. The quantitative estimate of drug-likeness (QED) is 0.865. The molecule has 0 saturated carbocycles. The van der Waals surface area contributed by atoms with Gasteiger partial charge in [-0.3, -0.25) is 9.59 Å². The molecule has 3 heterocycles. The summed E-state index contributed by atoms with van der Waals surface area (Å²) >= 11 is 0. The van der Waals surface area contributed by atoms with Crippen LogP contribution in [0.15, 0.2) is 35.4 Å². The van der Waals surface area contributed by atoms with Gasteiger partial charge in [0.2, 0.25) is 5.56 Å². The number of aromatic amines is 1. The number of rotatable bonds is 3. The first-order valence-corrected chi connectivity index (χ1v) is 7.97. The van der Waals surface area contributed by atoms with E-state index in [1.165, 1.54) is 18.2 Å². The molecule has 3 rings (SSSR count). The van der Waals surface area contributed by atoms with Gasteiger partial charge in [-0.15, -0.1) is 0 Å². The monoisotopic (exact) mass is 367 g/mol. The van der Waals surface area contributed by atoms with Crippen LogP contribution in [0, 0.1) is 0 Å². The average molecular weight is 367 g/mol. The summed E-state index contributed by atoms with van der Waals surface area (Å²) in [5, 5.41) is 2.95. The summed E-state index contributed by atoms with van der Waals surface area (Å²) in [4.78, 5) is 34.8. The van der Waals surface area contributed by atoms with Crippen LogP contribution in [0.3, 0.4) is 0 Å². The van der Waals surface area contributed by atoms with E-state index < -0.39 is 11.9 Å². The van der Waals surface area contributed by atoms with E-state index in [4.69, 9.17) is 0 Å². The van der Waals surface area contributed by atoms with Gasteiger partial charge in [0.1, 0.15) is 23.5 Å². The van der Waals surface area contributed by atoms with E-state index in [1.54, 1.807) is 4.90 Å². The van der Waals surface area contributed by atoms with E-state index in [0.29, 0.717) is 25.9 Å². The topological polar surface area (TPSA) is 91.0 Å². The van der Waals surface area contributed by atoms with Crippen LogP contribution < -0.4 is 10.9 Å². The standard InChI is InChI=1S/C16H16F3N5O2/c17-16(18,19)12-8-13(21-9-20-12)22-10-4-6-24(7-5-10)15(26)11-2-1-3-14(25)23-11/h1-3,8-10H,4-7H2,(H,23,25)(H,20,21,22). The zero-order valence-electron chi connectivity index (χ0n) is 13.6. The zero-order valence-corrected chi connectivity index (χ0v) is 13.6. The molecule has 2 aromatic heterocycles. The van der Waals surface area contributed by atoms with Crippen molar-refractivity contribution in [2.75, 3.05) is 18.4 Å². The second-order valence-corrected chi connectivity index (χ2v) is 5.93. The first-order valence-electron chi connectivity index (χ1n) is 7.97. The number of hydrogen-bond donors (Lipinski definition) is 2. The smallest absolute Gasteiger partial charge is 0.367 e. The van der Waals surface area contributed by atoms with Gasteiger partial charge >= 0.3 is 6.18 Å². The van der Waals surface area contributed by atoms with Gasteiger partial charge in [-0.2, -0.15) is 13.2 Å². The molecular weight excluding hydrogens is 351 g/mol. The molecule has 1 fully saturated rings. The Kier molecular flexibility index (Phi) is 4.92. The van der Waals surface area contributed by atoms with Gasteiger partial charge in [-0.25, -0.2) is 9.97 Å². The predicted octanol–water partition coefficient (Wildman–Crippen LogP) is 1.90. The van der Waals surface area contributed by atoms with Gasteiger partial charge in [0, 0.05) is 31.3 Å². The van der Waals surface area contributed by atoms with Crippen molar-refractivity contribution in [2.24, 2.45) is 0 Å². The number of hydrogen-bond acceptors (Lipinski definition) is 5. The van der Waals surface area contributed by atoms with Gasteiger partial charge < -0.3 is 15.2 Å². The number of aromatic nitrogens is 3. The fraction of sp³-hybridized carbons (Fsp3) is 0.375. The van der Waals surface area contributed by atoms with Gasteiger partial charge in [-0.05, 0) is 18.9 Å². The maximum Gasteiger partial charge on any atom is 0.433 e. The number of piperidine rings is 1. The van der Waals surface area contributed by atoms with Crippen LogP contribution in [0.2, 0.25) is 0 Å². The molecule has 1 amide bonds. The molecule has 138 valence electrons. The Labute approximate surface area is 146 Å². The number of pyridine rings is 1. The van der Waals surface area contributed by atoms with E-state index in [-0.39, 0.29) is 29.0 Å². The number of alkyl halides is 3. The highest BCUT2D eigenvalue weighted by atomic mass is 19.4. The Morgan fingerprint density at radius 1 is 1.23 bits per heavy atom. The predicted molar refractivity (Wildman–Crippen MR) is 86.6 cm³/mol. The van der Waals surface area contributed by atoms with Crippen molar-refractivity contribution in [2.45, 2.75) is 25.1 Å². The molecule has 0 aromatic carbocycles. The first kappa shape index (κ1) is 17.9. The number of halogens is 3. The number of nitrogens with one attached hydrogen (secondary N) is 2. The molecule has 7 nitrogen and oxygen atoms in total. The third kappa shape index (κ3) is 4.19. The molecule has 26 heavy (non-hydrogen) atoms. The van der Waals surface area contributed by atoms with Crippen LogP contribution >= 0.6 is 0 Å². The molecule has 2 aromatic rings. The van der Waals surface area contributed by atoms with E-state index >= 15 is 0 Å². The Bertz CT molecular complexity index is 844. The van der Waals surface area contributed by atoms with Crippen molar-refractivity contribution in [3.63, 3.8) is 0 Å². The number of amides is 1. The largest absolute Gasteiger partial charge is 0.433 e. The molecular formula is C16H16F3N5O2. The van der Waals surface area contributed by atoms with Crippen LogP contribution in [0.4, 0.5) is 19.0 Å². The van der Waals surface area contributed by atoms with Gasteiger partial charge in [-0.1, -0.05) is 6.07 Å². The minimum atomic E-state index is -4.53. The Morgan fingerprint density at radius 3 is 2.62 bits per heavy atom. The molecule has 0 bridgehead atoms. The molecule has 0 atom stereocenters. The minimum Gasteiger partial charge on any atom is -0.367 e. The van der Waals surface area contributed by atoms with Gasteiger partial charge in [0.05, 0.1) is 0 Å². The summed E-state index contributed by atoms with van der Waals surface area (Å²) < 4.78 is 38.1. The normalized spacial score (nSPS) is 15.7. The summed E-state index contributed by atoms with van der Waals surface area (Å²) in [7, 11) is 0. The van der Waals surface area contributed by atoms with Crippen molar-refractivity contribution in [1.82, 2.24) is 19.9 Å². The molecule has 0 unspecified atom stereocenters. The number of carbonyl (C=O) groups is 1. The fourth-order valence-corrected chi connectivity index (χ4v) is 2.77. The molecule has 1 saturated heterocycles. The van der Waals surface area contributed by atoms with Crippen LogP contribution in [0.5, 0.6) is 0 Å². The highest BCUT2D eigenvalue weighted by Crippen LogP contribution is 2.28. The zero-order chi connectivity index (χ0) is 18.7. The van der Waals surface area contributed by atoms with Crippen molar-refractivity contribution in [1.29, 1.82) is 0 Å². The molecule has 1 aliphatic heterocycles. The number of carbonyl (C=O) groups excluding carboxylic acids is 1. The summed E-state index contributed by atoms with van der Waals surface area (Å²) in [6, 6.07) is 5.13. The lowest BCUT2D eigenvalue weighted by Gasteiger charge is -2.32.